The van der Waals surface area contributed by atoms with E-state index in [4.69, 9.17) is 18.9 Å². The van der Waals surface area contributed by atoms with E-state index in [1.807, 2.05) is 30.3 Å². The van der Waals surface area contributed by atoms with Gasteiger partial charge in [0.05, 0.1) is 37.4 Å². The first-order chi connectivity index (χ1) is 23.4. The highest BCUT2D eigenvalue weighted by molar-refractivity contribution is 6.00. The summed E-state index contributed by atoms with van der Waals surface area (Å²) in [7, 11) is 1.40. The van der Waals surface area contributed by atoms with Crippen molar-refractivity contribution in [1.29, 1.82) is 0 Å². The molecule has 0 atom stereocenters. The molecule has 0 aromatic heterocycles. The molecule has 1 fully saturated rings. The molecule has 1 saturated carbocycles. The second kappa shape index (κ2) is 17.2. The minimum atomic E-state index is -0.495. The second-order valence-corrected chi connectivity index (χ2v) is 11.9. The lowest BCUT2D eigenvalue weighted by Gasteiger charge is -2.27. The van der Waals surface area contributed by atoms with Crippen LogP contribution in [0.5, 0.6) is 11.5 Å². The number of hydrogen-bond acceptors (Lipinski definition) is 7. The number of amides is 1. The van der Waals surface area contributed by atoms with Gasteiger partial charge < -0.3 is 24.3 Å². The summed E-state index contributed by atoms with van der Waals surface area (Å²) in [5.41, 5.74) is 5.19. The highest BCUT2D eigenvalue weighted by Crippen LogP contribution is 2.27. The van der Waals surface area contributed by atoms with Crippen LogP contribution in [-0.2, 0) is 27.3 Å². The Morgan fingerprint density at radius 2 is 1.46 bits per heavy atom. The fourth-order valence-electron chi connectivity index (χ4n) is 5.88. The average molecular weight is 650 g/mol. The maximum absolute atomic E-state index is 13.4. The molecule has 0 aliphatic heterocycles. The molecule has 1 aliphatic carbocycles. The first-order valence-corrected chi connectivity index (χ1v) is 16.6. The van der Waals surface area contributed by atoms with Crippen LogP contribution in [0.4, 0.5) is 0 Å². The van der Waals surface area contributed by atoms with E-state index in [2.05, 4.69) is 53.8 Å². The standard InChI is InChI=1S/C40H43NO7/c1-3-46-40(44)33-19-24-37(36(26-33)38(42)41-34-20-17-32(18-21-34)39(43)45-2)47-25-7-8-28-13-22-35(23-14-28)48-27-29-11-15-31(16-12-29)30-9-5-4-6-10-30/h4-6,9-16,19,22-24,26,32,34H,3,7-8,17-18,20-21,25,27H2,1-2H3,(H,41,42). The lowest BCUT2D eigenvalue weighted by atomic mass is 9.86. The molecule has 5 rings (SSSR count). The topological polar surface area (TPSA) is 100 Å². The number of aryl methyl sites for hydroxylation is 1. The van der Waals surface area contributed by atoms with Crippen molar-refractivity contribution in [1.82, 2.24) is 5.32 Å². The van der Waals surface area contributed by atoms with E-state index in [1.54, 1.807) is 19.1 Å². The van der Waals surface area contributed by atoms with Gasteiger partial charge in [-0.25, -0.2) is 4.79 Å². The molecule has 4 aromatic carbocycles. The molecule has 1 N–H and O–H groups in total. The molecule has 8 heteroatoms. The lowest BCUT2D eigenvalue weighted by Crippen LogP contribution is -2.39. The SMILES string of the molecule is CCOC(=O)c1ccc(OCCCc2ccc(OCc3ccc(-c4ccccc4)cc3)cc2)c(C(=O)NC2CCC(C(=O)OC)CC2)c1. The first kappa shape index (κ1) is 34.2. The Bertz CT molecular complexity index is 1640. The number of benzene rings is 4. The van der Waals surface area contributed by atoms with Gasteiger partial charge in [0.15, 0.2) is 0 Å². The molecule has 1 amide bonds. The van der Waals surface area contributed by atoms with Gasteiger partial charge in [-0.05, 0) is 98.0 Å². The normalized spacial score (nSPS) is 15.6. The Balaban J connectivity index is 1.11. The third kappa shape index (κ3) is 9.47. The van der Waals surface area contributed by atoms with Crippen molar-refractivity contribution < 1.29 is 33.3 Å². The molecular formula is C40H43NO7. The van der Waals surface area contributed by atoms with Crippen LogP contribution in [0.25, 0.3) is 11.1 Å². The van der Waals surface area contributed by atoms with Gasteiger partial charge in [-0.3, -0.25) is 9.59 Å². The van der Waals surface area contributed by atoms with Crippen LogP contribution >= 0.6 is 0 Å². The summed E-state index contributed by atoms with van der Waals surface area (Å²) in [5, 5.41) is 3.07. The van der Waals surface area contributed by atoms with E-state index < -0.39 is 5.97 Å². The van der Waals surface area contributed by atoms with Crippen molar-refractivity contribution in [2.24, 2.45) is 5.92 Å². The highest BCUT2D eigenvalue weighted by atomic mass is 16.5. The first-order valence-electron chi connectivity index (χ1n) is 16.6. The van der Waals surface area contributed by atoms with Gasteiger partial charge in [0.25, 0.3) is 5.91 Å². The van der Waals surface area contributed by atoms with Gasteiger partial charge in [-0.1, -0.05) is 66.7 Å². The molecule has 0 radical (unpaired) electrons. The van der Waals surface area contributed by atoms with Crippen molar-refractivity contribution >= 4 is 17.8 Å². The van der Waals surface area contributed by atoms with E-state index in [-0.39, 0.29) is 41.6 Å². The van der Waals surface area contributed by atoms with Crippen LogP contribution in [0.15, 0.2) is 97.1 Å². The zero-order chi connectivity index (χ0) is 33.7. The van der Waals surface area contributed by atoms with Crippen molar-refractivity contribution in [2.45, 2.75) is 58.1 Å². The monoisotopic (exact) mass is 649 g/mol. The van der Waals surface area contributed by atoms with Gasteiger partial charge >= 0.3 is 11.9 Å². The quantitative estimate of drug-likeness (QED) is 0.111. The third-order valence-corrected chi connectivity index (χ3v) is 8.59. The maximum Gasteiger partial charge on any atom is 0.338 e. The predicted molar refractivity (Wildman–Crippen MR) is 184 cm³/mol. The van der Waals surface area contributed by atoms with E-state index in [0.29, 0.717) is 44.6 Å². The summed E-state index contributed by atoms with van der Waals surface area (Å²) in [6.45, 7) is 2.85. The number of methoxy groups -OCH3 is 1. The van der Waals surface area contributed by atoms with Crippen LogP contribution in [-0.4, -0.2) is 44.2 Å². The van der Waals surface area contributed by atoms with E-state index in [9.17, 15) is 14.4 Å². The van der Waals surface area contributed by atoms with Crippen molar-refractivity contribution in [3.05, 3.63) is 119 Å². The number of esters is 2. The Kier molecular flexibility index (Phi) is 12.2. The summed E-state index contributed by atoms with van der Waals surface area (Å²) in [6, 6.07) is 31.5. The zero-order valence-electron chi connectivity index (χ0n) is 27.6. The number of hydrogen-bond donors (Lipinski definition) is 1. The Hall–Kier alpha value is -5.11. The summed E-state index contributed by atoms with van der Waals surface area (Å²) < 4.78 is 22.1. The van der Waals surface area contributed by atoms with E-state index in [0.717, 1.165) is 29.7 Å². The molecule has 250 valence electrons. The molecule has 48 heavy (non-hydrogen) atoms. The average Bonchev–Trinajstić information content (AvgIpc) is 3.13. The lowest BCUT2D eigenvalue weighted by molar-refractivity contribution is -0.146. The van der Waals surface area contributed by atoms with Crippen LogP contribution in [0.3, 0.4) is 0 Å². The molecule has 8 nitrogen and oxygen atoms in total. The number of carbonyl (C=O) groups is 3. The van der Waals surface area contributed by atoms with Crippen LogP contribution in [0.1, 0.15) is 70.9 Å². The van der Waals surface area contributed by atoms with Crippen molar-refractivity contribution in [3.8, 4) is 22.6 Å². The second-order valence-electron chi connectivity index (χ2n) is 11.9. The fraction of sp³-hybridized carbons (Fsp3) is 0.325. The van der Waals surface area contributed by atoms with Crippen LogP contribution in [0, 0.1) is 5.92 Å². The molecule has 0 spiro atoms. The van der Waals surface area contributed by atoms with Crippen molar-refractivity contribution in [2.75, 3.05) is 20.3 Å². The van der Waals surface area contributed by atoms with Crippen LogP contribution in [0.2, 0.25) is 0 Å². The molecular weight excluding hydrogens is 606 g/mol. The van der Waals surface area contributed by atoms with Gasteiger partial charge in [-0.2, -0.15) is 0 Å². The zero-order valence-corrected chi connectivity index (χ0v) is 27.6. The predicted octanol–water partition coefficient (Wildman–Crippen LogP) is 7.58. The number of nitrogens with one attached hydrogen (secondary N) is 1. The minimum Gasteiger partial charge on any atom is -0.493 e. The highest BCUT2D eigenvalue weighted by Gasteiger charge is 2.28. The molecule has 0 heterocycles. The minimum absolute atomic E-state index is 0.0790. The molecule has 0 unspecified atom stereocenters. The summed E-state index contributed by atoms with van der Waals surface area (Å²) >= 11 is 0. The van der Waals surface area contributed by atoms with Gasteiger partial charge in [-0.15, -0.1) is 0 Å². The van der Waals surface area contributed by atoms with Gasteiger partial charge in [0, 0.05) is 6.04 Å². The Morgan fingerprint density at radius 1 is 0.771 bits per heavy atom. The maximum atomic E-state index is 13.4. The van der Waals surface area contributed by atoms with Crippen LogP contribution < -0.4 is 14.8 Å². The number of ether oxygens (including phenoxy) is 4. The Labute approximate surface area is 282 Å². The number of carbonyl (C=O) groups excluding carboxylic acids is 3. The van der Waals surface area contributed by atoms with E-state index in [1.165, 1.54) is 24.3 Å². The summed E-state index contributed by atoms with van der Waals surface area (Å²) in [5.74, 6) is 0.0531. The number of rotatable bonds is 14. The van der Waals surface area contributed by atoms with Crippen molar-refractivity contribution in [3.63, 3.8) is 0 Å². The van der Waals surface area contributed by atoms with E-state index >= 15 is 0 Å². The Morgan fingerprint density at radius 3 is 2.15 bits per heavy atom. The smallest absolute Gasteiger partial charge is 0.338 e. The summed E-state index contributed by atoms with van der Waals surface area (Å²) in [6.07, 6.45) is 4.16. The molecule has 1 aliphatic rings. The molecule has 4 aromatic rings. The largest absolute Gasteiger partial charge is 0.493 e. The third-order valence-electron chi connectivity index (χ3n) is 8.59. The molecule has 0 saturated heterocycles. The fourth-order valence-corrected chi connectivity index (χ4v) is 5.88. The molecule has 0 bridgehead atoms. The van der Waals surface area contributed by atoms with Gasteiger partial charge in [0.1, 0.15) is 18.1 Å². The van der Waals surface area contributed by atoms with Gasteiger partial charge in [0.2, 0.25) is 0 Å². The summed E-state index contributed by atoms with van der Waals surface area (Å²) in [4.78, 5) is 37.7.